The Morgan fingerprint density at radius 1 is 1.00 bits per heavy atom. The Bertz CT molecular complexity index is 943. The molecule has 2 N–H and O–H groups in total. The van der Waals surface area contributed by atoms with Crippen LogP contribution in [0.2, 0.25) is 0 Å². The first-order valence-corrected chi connectivity index (χ1v) is 10.1. The molecule has 2 aromatic carbocycles. The molecule has 0 spiro atoms. The summed E-state index contributed by atoms with van der Waals surface area (Å²) in [4.78, 5) is 12.6. The second kappa shape index (κ2) is 9.43. The van der Waals surface area contributed by atoms with Gasteiger partial charge in [0.05, 0.1) is 26.5 Å². The molecule has 0 unspecified atom stereocenters. The van der Waals surface area contributed by atoms with E-state index in [9.17, 15) is 13.2 Å². The van der Waals surface area contributed by atoms with Crippen molar-refractivity contribution in [3.63, 3.8) is 0 Å². The van der Waals surface area contributed by atoms with Crippen molar-refractivity contribution in [1.29, 1.82) is 0 Å². The molecule has 0 fully saturated rings. The zero-order valence-corrected chi connectivity index (χ0v) is 17.1. The minimum absolute atomic E-state index is 0.0959. The van der Waals surface area contributed by atoms with Crippen LogP contribution in [0.5, 0.6) is 17.2 Å². The van der Waals surface area contributed by atoms with Crippen molar-refractivity contribution < 1.29 is 27.4 Å². The summed E-state index contributed by atoms with van der Waals surface area (Å²) in [6, 6.07) is 9.22. The Labute approximate surface area is 164 Å². The Kier molecular flexibility index (Phi) is 7.24. The highest BCUT2D eigenvalue weighted by Crippen LogP contribution is 2.30. The quantitative estimate of drug-likeness (QED) is 0.661. The number of nitrogens with one attached hydrogen (secondary N) is 2. The summed E-state index contributed by atoms with van der Waals surface area (Å²) in [6.45, 7) is 3.93. The molecule has 28 heavy (non-hydrogen) atoms. The Morgan fingerprint density at radius 3 is 2.32 bits per heavy atom. The third-order valence-electron chi connectivity index (χ3n) is 3.78. The molecule has 0 aliphatic rings. The van der Waals surface area contributed by atoms with Crippen molar-refractivity contribution in [1.82, 2.24) is 4.72 Å². The van der Waals surface area contributed by atoms with Gasteiger partial charge in [0.1, 0.15) is 22.1 Å². The maximum Gasteiger partial charge on any atom is 0.255 e. The van der Waals surface area contributed by atoms with Gasteiger partial charge in [0, 0.05) is 18.2 Å². The fraction of sp³-hybridized carbons (Fsp3) is 0.316. The lowest BCUT2D eigenvalue weighted by molar-refractivity contribution is 0.102. The molecule has 0 bridgehead atoms. The first-order chi connectivity index (χ1) is 13.4. The molecule has 2 rings (SSSR count). The Morgan fingerprint density at radius 2 is 1.71 bits per heavy atom. The predicted molar refractivity (Wildman–Crippen MR) is 106 cm³/mol. The molecule has 0 saturated carbocycles. The summed E-state index contributed by atoms with van der Waals surface area (Å²) in [6.07, 6.45) is 0. The summed E-state index contributed by atoms with van der Waals surface area (Å²) < 4.78 is 43.2. The smallest absolute Gasteiger partial charge is 0.255 e. The third-order valence-corrected chi connectivity index (χ3v) is 5.35. The number of ether oxygens (including phenoxy) is 3. The normalized spacial score (nSPS) is 11.0. The van der Waals surface area contributed by atoms with Crippen molar-refractivity contribution in [3.8, 4) is 17.2 Å². The highest BCUT2D eigenvalue weighted by Gasteiger charge is 2.21. The molecule has 0 aliphatic heterocycles. The molecule has 0 heterocycles. The number of anilines is 1. The van der Waals surface area contributed by atoms with E-state index in [1.807, 2.05) is 0 Å². The van der Waals surface area contributed by atoms with Gasteiger partial charge in [-0.2, -0.15) is 0 Å². The van der Waals surface area contributed by atoms with Crippen molar-refractivity contribution >= 4 is 21.6 Å². The zero-order chi connectivity index (χ0) is 20.7. The van der Waals surface area contributed by atoms with Crippen LogP contribution in [0.25, 0.3) is 0 Å². The third kappa shape index (κ3) is 4.93. The van der Waals surface area contributed by atoms with E-state index in [4.69, 9.17) is 14.2 Å². The highest BCUT2D eigenvalue weighted by molar-refractivity contribution is 7.89. The first kappa shape index (κ1) is 21.5. The number of benzene rings is 2. The van der Waals surface area contributed by atoms with Crippen molar-refractivity contribution in [2.75, 3.05) is 32.7 Å². The number of hydrogen-bond donors (Lipinski definition) is 2. The molecule has 152 valence electrons. The summed E-state index contributed by atoms with van der Waals surface area (Å²) >= 11 is 0. The maximum atomic E-state index is 12.7. The van der Waals surface area contributed by atoms with Gasteiger partial charge in [-0.15, -0.1) is 0 Å². The van der Waals surface area contributed by atoms with Gasteiger partial charge in [-0.05, 0) is 37.3 Å². The fourth-order valence-corrected chi connectivity index (χ4v) is 3.72. The Balaban J connectivity index is 2.41. The van der Waals surface area contributed by atoms with E-state index in [1.54, 1.807) is 32.0 Å². The maximum absolute atomic E-state index is 12.7. The van der Waals surface area contributed by atoms with Crippen LogP contribution in [0.15, 0.2) is 41.3 Å². The molecule has 8 nitrogen and oxygen atoms in total. The van der Waals surface area contributed by atoms with E-state index in [2.05, 4.69) is 10.0 Å². The number of hydrogen-bond acceptors (Lipinski definition) is 6. The topological polar surface area (TPSA) is 103 Å². The number of carbonyl (C=O) groups excluding carboxylic acids is 1. The van der Waals surface area contributed by atoms with E-state index in [0.29, 0.717) is 23.8 Å². The highest BCUT2D eigenvalue weighted by atomic mass is 32.2. The van der Waals surface area contributed by atoms with E-state index in [0.717, 1.165) is 0 Å². The van der Waals surface area contributed by atoms with Crippen molar-refractivity contribution in [2.24, 2.45) is 0 Å². The molecular formula is C19H24N2O6S. The van der Waals surface area contributed by atoms with E-state index in [1.165, 1.54) is 32.4 Å². The van der Waals surface area contributed by atoms with E-state index in [-0.39, 0.29) is 22.8 Å². The van der Waals surface area contributed by atoms with Crippen LogP contribution in [0.4, 0.5) is 5.69 Å². The van der Waals surface area contributed by atoms with Gasteiger partial charge in [0.2, 0.25) is 10.0 Å². The summed E-state index contributed by atoms with van der Waals surface area (Å²) in [5.41, 5.74) is 0.557. The monoisotopic (exact) mass is 408 g/mol. The largest absolute Gasteiger partial charge is 0.497 e. The fourth-order valence-electron chi connectivity index (χ4n) is 2.51. The number of amides is 1. The number of methoxy groups -OCH3 is 2. The minimum Gasteiger partial charge on any atom is -0.497 e. The second-order valence-corrected chi connectivity index (χ2v) is 7.35. The average Bonchev–Trinajstić information content (AvgIpc) is 2.68. The second-order valence-electron chi connectivity index (χ2n) is 5.62. The summed E-state index contributed by atoms with van der Waals surface area (Å²) in [5.74, 6) is 0.667. The molecule has 0 aromatic heterocycles. The average molecular weight is 408 g/mol. The van der Waals surface area contributed by atoms with Gasteiger partial charge in [-0.3, -0.25) is 4.79 Å². The summed E-state index contributed by atoms with van der Waals surface area (Å²) in [7, 11) is -0.822. The lowest BCUT2D eigenvalue weighted by Gasteiger charge is -2.14. The van der Waals surface area contributed by atoms with Gasteiger partial charge in [-0.1, -0.05) is 6.92 Å². The first-order valence-electron chi connectivity index (χ1n) is 8.66. The standard InChI is InChI=1S/C19H24N2O6S/c1-5-20-28(23,24)18-11-13(7-9-17(18)27-6-2)19(22)21-15-12-14(25-3)8-10-16(15)26-4/h7-12,20H,5-6H2,1-4H3,(H,21,22). The number of rotatable bonds is 9. The van der Waals surface area contributed by atoms with Crippen LogP contribution in [0.1, 0.15) is 24.2 Å². The van der Waals surface area contributed by atoms with Gasteiger partial charge in [-0.25, -0.2) is 13.1 Å². The van der Waals surface area contributed by atoms with Gasteiger partial charge in [0.15, 0.2) is 0 Å². The molecule has 1 amide bonds. The molecule has 9 heteroatoms. The van der Waals surface area contributed by atoms with E-state index >= 15 is 0 Å². The Hall–Kier alpha value is -2.78. The predicted octanol–water partition coefficient (Wildman–Crippen LogP) is 2.65. The number of sulfonamides is 1. The lowest BCUT2D eigenvalue weighted by atomic mass is 10.2. The molecule has 0 aliphatic carbocycles. The minimum atomic E-state index is -3.82. The molecule has 0 saturated heterocycles. The molecule has 0 radical (unpaired) electrons. The SMILES string of the molecule is CCNS(=O)(=O)c1cc(C(=O)Nc2cc(OC)ccc2OC)ccc1OCC. The van der Waals surface area contributed by atoms with Crippen LogP contribution in [-0.2, 0) is 10.0 Å². The van der Waals surface area contributed by atoms with Crippen LogP contribution in [0.3, 0.4) is 0 Å². The van der Waals surface area contributed by atoms with E-state index < -0.39 is 15.9 Å². The van der Waals surface area contributed by atoms with Crippen LogP contribution >= 0.6 is 0 Å². The summed E-state index contributed by atoms with van der Waals surface area (Å²) in [5, 5.41) is 2.71. The van der Waals surface area contributed by atoms with Crippen LogP contribution < -0.4 is 24.2 Å². The molecule has 2 aromatic rings. The van der Waals surface area contributed by atoms with Crippen LogP contribution in [0, 0.1) is 0 Å². The molecular weight excluding hydrogens is 384 g/mol. The molecule has 0 atom stereocenters. The van der Waals surface area contributed by atoms with Gasteiger partial charge in [0.25, 0.3) is 5.91 Å². The lowest BCUT2D eigenvalue weighted by Crippen LogP contribution is -2.24. The zero-order valence-electron chi connectivity index (χ0n) is 16.2. The number of carbonyl (C=O) groups is 1. The van der Waals surface area contributed by atoms with Crippen LogP contribution in [-0.4, -0.2) is 41.7 Å². The van der Waals surface area contributed by atoms with Crippen molar-refractivity contribution in [2.45, 2.75) is 18.7 Å². The van der Waals surface area contributed by atoms with Gasteiger partial charge < -0.3 is 19.5 Å². The van der Waals surface area contributed by atoms with Gasteiger partial charge >= 0.3 is 0 Å². The van der Waals surface area contributed by atoms with Crippen molar-refractivity contribution in [3.05, 3.63) is 42.0 Å².